The number of urea groups is 1. The second-order valence-corrected chi connectivity index (χ2v) is 7.42. The highest BCUT2D eigenvalue weighted by molar-refractivity contribution is 5.95. The molecular weight excluding hydrogens is 389 g/mol. The molecule has 1 aromatic carbocycles. The van der Waals surface area contributed by atoms with Crippen LogP contribution in [0.25, 0.3) is 0 Å². The molecule has 8 heteroatoms. The van der Waals surface area contributed by atoms with Crippen LogP contribution >= 0.6 is 0 Å². The largest absolute Gasteiger partial charge is 0.467 e. The number of halogens is 1. The van der Waals surface area contributed by atoms with E-state index in [1.165, 1.54) is 18.4 Å². The summed E-state index contributed by atoms with van der Waals surface area (Å²) < 4.78 is 24.0. The third-order valence-electron chi connectivity index (χ3n) is 5.20. The van der Waals surface area contributed by atoms with Crippen molar-refractivity contribution in [1.29, 1.82) is 0 Å². The van der Waals surface area contributed by atoms with E-state index in [2.05, 4.69) is 15.5 Å². The van der Waals surface area contributed by atoms with Crippen LogP contribution in [-0.2, 0) is 16.1 Å². The minimum Gasteiger partial charge on any atom is -0.467 e. The molecule has 2 aromatic rings. The number of ether oxygens (including phenoxy) is 1. The Morgan fingerprint density at radius 3 is 2.63 bits per heavy atom. The fraction of sp³-hybridized carbons (Fsp3) is 0.364. The van der Waals surface area contributed by atoms with E-state index >= 15 is 0 Å². The Morgan fingerprint density at radius 2 is 2.00 bits per heavy atom. The van der Waals surface area contributed by atoms with Crippen molar-refractivity contribution >= 4 is 12.0 Å². The van der Waals surface area contributed by atoms with Gasteiger partial charge < -0.3 is 19.8 Å². The number of amides is 2. The Balaban J connectivity index is 1.65. The van der Waals surface area contributed by atoms with E-state index in [0.29, 0.717) is 36.2 Å². The fourth-order valence-electron chi connectivity index (χ4n) is 3.64. The number of hydrogen-bond acceptors (Lipinski definition) is 5. The van der Waals surface area contributed by atoms with E-state index in [9.17, 15) is 14.0 Å². The van der Waals surface area contributed by atoms with Gasteiger partial charge in [-0.1, -0.05) is 12.1 Å². The zero-order valence-corrected chi connectivity index (χ0v) is 16.7. The van der Waals surface area contributed by atoms with Crippen LogP contribution in [0.3, 0.4) is 0 Å². The van der Waals surface area contributed by atoms with Gasteiger partial charge in [-0.2, -0.15) is 0 Å². The summed E-state index contributed by atoms with van der Waals surface area (Å²) in [6.45, 7) is 2.90. The third-order valence-corrected chi connectivity index (χ3v) is 5.20. The smallest absolute Gasteiger partial charge is 0.338 e. The number of rotatable bonds is 8. The first-order valence-electron chi connectivity index (χ1n) is 10.0. The van der Waals surface area contributed by atoms with Crippen LogP contribution in [0.4, 0.5) is 9.18 Å². The Morgan fingerprint density at radius 1 is 1.23 bits per heavy atom. The number of furan rings is 1. The van der Waals surface area contributed by atoms with Crippen LogP contribution in [0.15, 0.2) is 58.3 Å². The van der Waals surface area contributed by atoms with Crippen molar-refractivity contribution in [1.82, 2.24) is 15.5 Å². The van der Waals surface area contributed by atoms with E-state index in [4.69, 9.17) is 9.15 Å². The van der Waals surface area contributed by atoms with Gasteiger partial charge in [-0.25, -0.2) is 14.0 Å². The Bertz CT molecular complexity index is 936. The monoisotopic (exact) mass is 413 g/mol. The van der Waals surface area contributed by atoms with E-state index in [1.54, 1.807) is 31.2 Å². The van der Waals surface area contributed by atoms with Crippen molar-refractivity contribution in [2.75, 3.05) is 13.2 Å². The second kappa shape index (κ2) is 8.71. The number of nitrogens with one attached hydrogen (secondary N) is 2. The van der Waals surface area contributed by atoms with Gasteiger partial charge >= 0.3 is 12.0 Å². The SMILES string of the molecule is CCOC(=O)C1=C(CN(Cc2ccc(F)cc2)C2CC2)NC(=O)N[C@@H]1c1ccco1. The first-order valence-corrected chi connectivity index (χ1v) is 10.0. The van der Waals surface area contributed by atoms with E-state index in [1.807, 2.05) is 0 Å². The molecule has 4 rings (SSSR count). The topological polar surface area (TPSA) is 83.8 Å². The summed E-state index contributed by atoms with van der Waals surface area (Å²) in [4.78, 5) is 27.4. The maximum absolute atomic E-state index is 13.3. The van der Waals surface area contributed by atoms with E-state index in [0.717, 1.165) is 18.4 Å². The van der Waals surface area contributed by atoms with Gasteiger partial charge in [0.05, 0.1) is 18.4 Å². The van der Waals surface area contributed by atoms with Crippen molar-refractivity contribution in [3.05, 3.63) is 71.1 Å². The standard InChI is InChI=1S/C22H24FN3O4/c1-2-29-21(27)19-17(24-22(28)25-20(19)18-4-3-11-30-18)13-26(16-9-10-16)12-14-5-7-15(23)8-6-14/h3-8,11,16,20H,2,9-10,12-13H2,1H3,(H2,24,25,28)/t20-/m1/s1. The van der Waals surface area contributed by atoms with Gasteiger partial charge in [0.1, 0.15) is 17.6 Å². The highest BCUT2D eigenvalue weighted by Gasteiger charge is 2.37. The molecule has 1 saturated carbocycles. The molecule has 1 atom stereocenters. The quantitative estimate of drug-likeness (QED) is 0.649. The first-order chi connectivity index (χ1) is 14.5. The summed E-state index contributed by atoms with van der Waals surface area (Å²) in [5.41, 5.74) is 1.79. The molecule has 1 aromatic heterocycles. The zero-order valence-electron chi connectivity index (χ0n) is 16.7. The average molecular weight is 413 g/mol. The van der Waals surface area contributed by atoms with E-state index < -0.39 is 18.0 Å². The Labute approximate surface area is 173 Å². The lowest BCUT2D eigenvalue weighted by atomic mass is 9.99. The van der Waals surface area contributed by atoms with Crippen molar-refractivity contribution in [3.63, 3.8) is 0 Å². The summed E-state index contributed by atoms with van der Waals surface area (Å²) in [5, 5.41) is 5.54. The molecule has 0 bridgehead atoms. The predicted octanol–water partition coefficient (Wildman–Crippen LogP) is 3.25. The average Bonchev–Trinajstić information content (AvgIpc) is 3.42. The van der Waals surface area contributed by atoms with Crippen LogP contribution < -0.4 is 10.6 Å². The summed E-state index contributed by atoms with van der Waals surface area (Å²) in [7, 11) is 0. The van der Waals surface area contributed by atoms with Crippen LogP contribution in [-0.4, -0.2) is 36.1 Å². The molecule has 0 radical (unpaired) electrons. The van der Waals surface area contributed by atoms with Gasteiger partial charge in [0.25, 0.3) is 0 Å². The summed E-state index contributed by atoms with van der Waals surface area (Å²) in [5.74, 6) is -0.322. The van der Waals surface area contributed by atoms with Gasteiger partial charge in [0.2, 0.25) is 0 Å². The highest BCUT2D eigenvalue weighted by Crippen LogP contribution is 2.32. The third kappa shape index (κ3) is 4.54. The summed E-state index contributed by atoms with van der Waals surface area (Å²) in [6.07, 6.45) is 3.57. The molecule has 1 fully saturated rings. The van der Waals surface area contributed by atoms with Gasteiger partial charge in [0.15, 0.2) is 0 Å². The minimum atomic E-state index is -0.727. The number of carbonyl (C=O) groups excluding carboxylic acids is 2. The van der Waals surface area contributed by atoms with Gasteiger partial charge in [-0.15, -0.1) is 0 Å². The molecule has 2 aliphatic rings. The lowest BCUT2D eigenvalue weighted by Gasteiger charge is -2.31. The molecule has 158 valence electrons. The number of benzene rings is 1. The molecule has 1 aliphatic heterocycles. The molecule has 2 N–H and O–H groups in total. The molecule has 0 saturated heterocycles. The maximum Gasteiger partial charge on any atom is 0.338 e. The summed E-state index contributed by atoms with van der Waals surface area (Å²) in [6, 6.07) is 9.00. The van der Waals surface area contributed by atoms with Crippen LogP contribution in [0, 0.1) is 5.82 Å². The zero-order chi connectivity index (χ0) is 21.1. The fourth-order valence-corrected chi connectivity index (χ4v) is 3.64. The molecule has 1 aliphatic carbocycles. The van der Waals surface area contributed by atoms with Gasteiger partial charge in [-0.05, 0) is 49.6 Å². The van der Waals surface area contributed by atoms with Crippen molar-refractivity contribution in [3.8, 4) is 0 Å². The number of esters is 1. The summed E-state index contributed by atoms with van der Waals surface area (Å²) >= 11 is 0. The van der Waals surface area contributed by atoms with Crippen molar-refractivity contribution in [2.45, 2.75) is 38.4 Å². The molecule has 2 heterocycles. The Kier molecular flexibility index (Phi) is 5.85. The normalized spacial score (nSPS) is 18.9. The number of nitrogens with zero attached hydrogens (tertiary/aromatic N) is 1. The lowest BCUT2D eigenvalue weighted by Crippen LogP contribution is -2.48. The lowest BCUT2D eigenvalue weighted by molar-refractivity contribution is -0.139. The first kappa shape index (κ1) is 20.2. The second-order valence-electron chi connectivity index (χ2n) is 7.42. The molecule has 0 unspecified atom stereocenters. The van der Waals surface area contributed by atoms with Crippen LogP contribution in [0.5, 0.6) is 0 Å². The van der Waals surface area contributed by atoms with Crippen molar-refractivity contribution in [2.24, 2.45) is 0 Å². The Hall–Kier alpha value is -3.13. The molecule has 2 amide bonds. The molecule has 7 nitrogen and oxygen atoms in total. The molecule has 0 spiro atoms. The van der Waals surface area contributed by atoms with Gasteiger partial charge in [0, 0.05) is 24.8 Å². The van der Waals surface area contributed by atoms with Crippen LogP contribution in [0.2, 0.25) is 0 Å². The number of carbonyl (C=O) groups is 2. The maximum atomic E-state index is 13.3. The van der Waals surface area contributed by atoms with E-state index in [-0.39, 0.29) is 12.4 Å². The number of hydrogen-bond donors (Lipinski definition) is 2. The minimum absolute atomic E-state index is 0.219. The van der Waals surface area contributed by atoms with Gasteiger partial charge in [-0.3, -0.25) is 4.90 Å². The van der Waals surface area contributed by atoms with Crippen molar-refractivity contribution < 1.29 is 23.1 Å². The highest BCUT2D eigenvalue weighted by atomic mass is 19.1. The predicted molar refractivity (Wildman–Crippen MR) is 107 cm³/mol. The molecule has 30 heavy (non-hydrogen) atoms. The van der Waals surface area contributed by atoms with Crippen LogP contribution in [0.1, 0.15) is 37.1 Å². The molecular formula is C22H24FN3O4.